The molecule has 1 aliphatic heterocycles. The van der Waals surface area contributed by atoms with Crippen LogP contribution in [0.15, 0.2) is 18.2 Å². The molecule has 0 radical (unpaired) electrons. The van der Waals surface area contributed by atoms with Gasteiger partial charge in [-0.3, -0.25) is 4.79 Å². The molecule has 1 saturated heterocycles. The first-order chi connectivity index (χ1) is 9.54. The van der Waals surface area contributed by atoms with Gasteiger partial charge in [-0.25, -0.2) is 0 Å². The van der Waals surface area contributed by atoms with Crippen LogP contribution < -0.4 is 15.4 Å². The van der Waals surface area contributed by atoms with E-state index in [0.29, 0.717) is 28.9 Å². The topological polar surface area (TPSA) is 50.4 Å². The molecule has 1 aromatic rings. The van der Waals surface area contributed by atoms with E-state index in [0.717, 1.165) is 19.4 Å². The lowest BCUT2D eigenvalue weighted by Gasteiger charge is -2.13. The second-order valence-electron chi connectivity index (χ2n) is 5.36. The summed E-state index contributed by atoms with van der Waals surface area (Å²) in [5, 5.41) is 6.69. The van der Waals surface area contributed by atoms with Gasteiger partial charge in [-0.15, -0.1) is 12.4 Å². The van der Waals surface area contributed by atoms with Gasteiger partial charge in [0, 0.05) is 18.2 Å². The quantitative estimate of drug-likeness (QED) is 0.865. The van der Waals surface area contributed by atoms with Crippen molar-refractivity contribution in [1.82, 2.24) is 5.32 Å². The van der Waals surface area contributed by atoms with Gasteiger partial charge in [0.1, 0.15) is 5.75 Å². The molecule has 1 atom stereocenters. The average Bonchev–Trinajstić information content (AvgIpc) is 2.85. The predicted octanol–water partition coefficient (Wildman–Crippen LogP) is 3.63. The Morgan fingerprint density at radius 3 is 2.86 bits per heavy atom. The van der Waals surface area contributed by atoms with Gasteiger partial charge in [0.25, 0.3) is 0 Å². The summed E-state index contributed by atoms with van der Waals surface area (Å²) in [5.74, 6) is 0.648. The van der Waals surface area contributed by atoms with Crippen molar-refractivity contribution in [3.8, 4) is 5.75 Å². The van der Waals surface area contributed by atoms with E-state index in [1.54, 1.807) is 12.1 Å². The molecule has 1 heterocycles. The van der Waals surface area contributed by atoms with E-state index in [1.165, 1.54) is 0 Å². The van der Waals surface area contributed by atoms with Crippen molar-refractivity contribution in [2.24, 2.45) is 0 Å². The zero-order valence-electron chi connectivity index (χ0n) is 12.3. The van der Waals surface area contributed by atoms with E-state index in [-0.39, 0.29) is 24.4 Å². The SMILES string of the molecule is CC(C)Oc1ccc(NC(=O)CC2CCCN2)cc1Cl.Cl. The molecule has 0 saturated carbocycles. The van der Waals surface area contributed by atoms with Crippen molar-refractivity contribution in [3.05, 3.63) is 23.2 Å². The first kappa shape index (κ1) is 18.1. The summed E-state index contributed by atoms with van der Waals surface area (Å²) in [6.07, 6.45) is 2.78. The smallest absolute Gasteiger partial charge is 0.225 e. The molecule has 1 fully saturated rings. The summed E-state index contributed by atoms with van der Waals surface area (Å²) in [4.78, 5) is 11.9. The maximum absolute atomic E-state index is 11.9. The number of benzene rings is 1. The number of carbonyl (C=O) groups excluding carboxylic acids is 1. The zero-order valence-corrected chi connectivity index (χ0v) is 13.9. The maximum atomic E-state index is 11.9. The monoisotopic (exact) mass is 332 g/mol. The average molecular weight is 333 g/mol. The highest BCUT2D eigenvalue weighted by atomic mass is 35.5. The van der Waals surface area contributed by atoms with Crippen molar-refractivity contribution >= 4 is 35.6 Å². The highest BCUT2D eigenvalue weighted by molar-refractivity contribution is 6.32. The van der Waals surface area contributed by atoms with E-state index in [1.807, 2.05) is 19.9 Å². The van der Waals surface area contributed by atoms with Crippen LogP contribution in [0.25, 0.3) is 0 Å². The number of ether oxygens (including phenoxy) is 1. The Kier molecular flexibility index (Phi) is 7.29. The van der Waals surface area contributed by atoms with Crippen LogP contribution in [0.4, 0.5) is 5.69 Å². The minimum atomic E-state index is 0. The van der Waals surface area contributed by atoms with Gasteiger partial charge in [0.2, 0.25) is 5.91 Å². The van der Waals surface area contributed by atoms with Crippen LogP contribution in [0.2, 0.25) is 5.02 Å². The molecule has 2 rings (SSSR count). The Bertz CT molecular complexity index is 475. The second-order valence-corrected chi connectivity index (χ2v) is 5.76. The lowest BCUT2D eigenvalue weighted by Crippen LogP contribution is -2.27. The number of carbonyl (C=O) groups is 1. The van der Waals surface area contributed by atoms with Gasteiger partial charge >= 0.3 is 0 Å². The number of rotatable bonds is 5. The molecule has 6 heteroatoms. The molecule has 4 nitrogen and oxygen atoms in total. The molecule has 0 spiro atoms. The molecule has 1 aromatic carbocycles. The summed E-state index contributed by atoms with van der Waals surface area (Å²) in [5.41, 5.74) is 0.703. The largest absolute Gasteiger partial charge is 0.489 e. The molecule has 0 aliphatic carbocycles. The summed E-state index contributed by atoms with van der Waals surface area (Å²) in [6, 6.07) is 5.61. The standard InChI is InChI=1S/C15H21ClN2O2.ClH/c1-10(2)20-14-6-5-12(8-13(14)16)18-15(19)9-11-4-3-7-17-11;/h5-6,8,10-11,17H,3-4,7,9H2,1-2H3,(H,18,19);1H. The minimum Gasteiger partial charge on any atom is -0.489 e. The van der Waals surface area contributed by atoms with Crippen molar-refractivity contribution < 1.29 is 9.53 Å². The molecular formula is C15H22Cl2N2O2. The molecule has 2 N–H and O–H groups in total. The van der Waals surface area contributed by atoms with Gasteiger partial charge < -0.3 is 15.4 Å². The van der Waals surface area contributed by atoms with E-state index in [2.05, 4.69) is 10.6 Å². The normalized spacial score (nSPS) is 17.4. The van der Waals surface area contributed by atoms with Crippen LogP contribution in [-0.2, 0) is 4.79 Å². The molecule has 1 amide bonds. The van der Waals surface area contributed by atoms with Crippen LogP contribution in [0.5, 0.6) is 5.75 Å². The van der Waals surface area contributed by atoms with Crippen molar-refractivity contribution in [2.45, 2.75) is 45.3 Å². The summed E-state index contributed by atoms with van der Waals surface area (Å²) in [6.45, 7) is 4.90. The molecule has 0 bridgehead atoms. The number of halogens is 2. The van der Waals surface area contributed by atoms with Crippen LogP contribution in [0.1, 0.15) is 33.1 Å². The third-order valence-corrected chi connectivity index (χ3v) is 3.47. The fourth-order valence-corrected chi connectivity index (χ4v) is 2.52. The molecule has 1 aliphatic rings. The van der Waals surface area contributed by atoms with Crippen molar-refractivity contribution in [1.29, 1.82) is 0 Å². The minimum absolute atomic E-state index is 0. The highest BCUT2D eigenvalue weighted by Gasteiger charge is 2.17. The van der Waals surface area contributed by atoms with Gasteiger partial charge in [0.05, 0.1) is 11.1 Å². The number of nitrogens with one attached hydrogen (secondary N) is 2. The van der Waals surface area contributed by atoms with E-state index >= 15 is 0 Å². The molecular weight excluding hydrogens is 311 g/mol. The van der Waals surface area contributed by atoms with Crippen LogP contribution in [-0.4, -0.2) is 24.6 Å². The maximum Gasteiger partial charge on any atom is 0.225 e. The molecule has 0 aromatic heterocycles. The van der Waals surface area contributed by atoms with Crippen LogP contribution in [0, 0.1) is 0 Å². The Balaban J connectivity index is 0.00000220. The fraction of sp³-hybridized carbons (Fsp3) is 0.533. The van der Waals surface area contributed by atoms with Gasteiger partial charge in [-0.2, -0.15) is 0 Å². The van der Waals surface area contributed by atoms with Crippen LogP contribution >= 0.6 is 24.0 Å². The van der Waals surface area contributed by atoms with E-state index < -0.39 is 0 Å². The third kappa shape index (κ3) is 5.73. The number of amides is 1. The molecule has 1 unspecified atom stereocenters. The molecule has 21 heavy (non-hydrogen) atoms. The Morgan fingerprint density at radius 1 is 1.52 bits per heavy atom. The first-order valence-corrected chi connectivity index (χ1v) is 7.42. The van der Waals surface area contributed by atoms with E-state index in [9.17, 15) is 4.79 Å². The zero-order chi connectivity index (χ0) is 14.5. The summed E-state index contributed by atoms with van der Waals surface area (Å²) < 4.78 is 5.56. The predicted molar refractivity (Wildman–Crippen MR) is 88.7 cm³/mol. The lowest BCUT2D eigenvalue weighted by atomic mass is 10.1. The van der Waals surface area contributed by atoms with E-state index in [4.69, 9.17) is 16.3 Å². The number of hydrogen-bond donors (Lipinski definition) is 2. The Hall–Kier alpha value is -0.970. The van der Waals surface area contributed by atoms with Gasteiger partial charge in [0.15, 0.2) is 0 Å². The lowest BCUT2D eigenvalue weighted by molar-refractivity contribution is -0.116. The fourth-order valence-electron chi connectivity index (χ4n) is 2.29. The van der Waals surface area contributed by atoms with Gasteiger partial charge in [-0.1, -0.05) is 11.6 Å². The number of anilines is 1. The first-order valence-electron chi connectivity index (χ1n) is 7.04. The van der Waals surface area contributed by atoms with Crippen LogP contribution in [0.3, 0.4) is 0 Å². The van der Waals surface area contributed by atoms with Crippen molar-refractivity contribution in [3.63, 3.8) is 0 Å². The number of hydrogen-bond acceptors (Lipinski definition) is 3. The Morgan fingerprint density at radius 2 is 2.29 bits per heavy atom. The summed E-state index contributed by atoms with van der Waals surface area (Å²) in [7, 11) is 0. The summed E-state index contributed by atoms with van der Waals surface area (Å²) >= 11 is 6.14. The van der Waals surface area contributed by atoms with Gasteiger partial charge in [-0.05, 0) is 51.4 Å². The second kappa shape index (κ2) is 8.47. The highest BCUT2D eigenvalue weighted by Crippen LogP contribution is 2.28. The third-order valence-electron chi connectivity index (χ3n) is 3.17. The molecule has 118 valence electrons. The van der Waals surface area contributed by atoms with Crippen molar-refractivity contribution in [2.75, 3.05) is 11.9 Å². The Labute approximate surface area is 137 Å².